The second-order valence-corrected chi connectivity index (χ2v) is 18.6. The summed E-state index contributed by atoms with van der Waals surface area (Å²) in [4.78, 5) is 122. The Balaban J connectivity index is 1.52. The lowest BCUT2D eigenvalue weighted by Gasteiger charge is -2.28. The molecule has 2 aromatic heterocycles. The van der Waals surface area contributed by atoms with Crippen molar-refractivity contribution in [1.82, 2.24) is 68.1 Å². The van der Waals surface area contributed by atoms with Gasteiger partial charge in [-0.2, -0.15) is 0 Å². The number of para-hydroxylation sites is 1. The molecule has 1 saturated heterocycles. The van der Waals surface area contributed by atoms with E-state index in [2.05, 4.69) is 68.1 Å². The molecule has 5 rings (SSSR count). The van der Waals surface area contributed by atoms with E-state index in [0.717, 1.165) is 10.9 Å². The highest BCUT2D eigenvalue weighted by molar-refractivity contribution is 5.97. The van der Waals surface area contributed by atoms with Crippen molar-refractivity contribution in [2.75, 3.05) is 26.2 Å². The molecule has 20 N–H and O–H groups in total. The molecule has 8 amide bonds. The lowest BCUT2D eigenvalue weighted by Crippen LogP contribution is -2.60. The number of aromatic amines is 2. The average molecular weight is 1050 g/mol. The molecule has 26 heteroatoms. The summed E-state index contributed by atoms with van der Waals surface area (Å²) >= 11 is 0. The van der Waals surface area contributed by atoms with Crippen LogP contribution in [0, 0.1) is 10.8 Å². The summed E-state index contributed by atoms with van der Waals surface area (Å²) in [5.41, 5.74) is 19.2. The first-order chi connectivity index (χ1) is 36.4. The van der Waals surface area contributed by atoms with Crippen LogP contribution >= 0.6 is 0 Å². The molecule has 410 valence electrons. The molecule has 0 unspecified atom stereocenters. The Labute approximate surface area is 439 Å². The van der Waals surface area contributed by atoms with Gasteiger partial charge in [-0.1, -0.05) is 48.5 Å². The summed E-state index contributed by atoms with van der Waals surface area (Å²) in [5, 5.41) is 43.9. The third-order valence-corrected chi connectivity index (χ3v) is 12.6. The largest absolute Gasteiger partial charge is 0.370 e. The predicted octanol–water partition coefficient (Wildman–Crippen LogP) is -2.49. The van der Waals surface area contributed by atoms with E-state index in [-0.39, 0.29) is 95.2 Å². The summed E-state index contributed by atoms with van der Waals surface area (Å²) in [6, 6.07) is 7.86. The minimum absolute atomic E-state index is 0.00276. The minimum Gasteiger partial charge on any atom is -0.370 e. The number of carbonyl (C=O) groups is 8. The van der Waals surface area contributed by atoms with Crippen LogP contribution in [0.3, 0.4) is 0 Å². The Bertz CT molecular complexity index is 2610. The number of hydrogen-bond acceptors (Lipinski definition) is 12. The fraction of sp³-hybridized carbons (Fsp3) is 0.460. The number of aromatic nitrogens is 3. The van der Waals surface area contributed by atoms with Gasteiger partial charge in [-0.15, -0.1) is 0 Å². The molecular weight excluding hydrogens is 981 g/mol. The Morgan fingerprint density at radius 1 is 0.724 bits per heavy atom. The van der Waals surface area contributed by atoms with Crippen LogP contribution in [0.2, 0.25) is 0 Å². The first kappa shape index (κ1) is 58.3. The summed E-state index contributed by atoms with van der Waals surface area (Å²) in [6.07, 6.45) is 5.31. The van der Waals surface area contributed by atoms with E-state index in [1.165, 1.54) is 13.3 Å². The number of fused-ring (bicyclic) bond motifs is 1. The molecule has 3 heterocycles. The second kappa shape index (κ2) is 30.0. The van der Waals surface area contributed by atoms with Crippen molar-refractivity contribution >= 4 is 70.1 Å². The van der Waals surface area contributed by atoms with E-state index in [1.54, 1.807) is 42.7 Å². The molecule has 1 fully saturated rings. The van der Waals surface area contributed by atoms with Gasteiger partial charge in [0.25, 0.3) is 0 Å². The highest BCUT2D eigenvalue weighted by Gasteiger charge is 2.34. The van der Waals surface area contributed by atoms with Gasteiger partial charge < -0.3 is 80.3 Å². The molecule has 76 heavy (non-hydrogen) atoms. The summed E-state index contributed by atoms with van der Waals surface area (Å²) in [5.74, 6) is -6.00. The van der Waals surface area contributed by atoms with E-state index in [1.807, 2.05) is 24.3 Å². The Morgan fingerprint density at radius 2 is 1.34 bits per heavy atom. The fourth-order valence-corrected chi connectivity index (χ4v) is 8.65. The SMILES string of the molecule is CC(=O)N[C@@H](CCCNC(=N)N)CN[C@H]1CCC(=O)NCCC[C@@H](C(N)=O)NC(=O)[C@H](Cc2c[nH]c3ccccc23)NC(=O)[C@H](CCCNC(=N)N)NC(=O)[C@@H](Cc2ccccc2)NC(=O)[C@H](Cc2c[nH]cn2)NC1=O. The van der Waals surface area contributed by atoms with E-state index >= 15 is 0 Å². The molecule has 2 aromatic carbocycles. The normalized spacial score (nSPS) is 21.1. The topological polar surface area (TPSA) is 427 Å². The van der Waals surface area contributed by atoms with Crippen LogP contribution in [0.4, 0.5) is 0 Å². The molecule has 0 aliphatic carbocycles. The highest BCUT2D eigenvalue weighted by atomic mass is 16.2. The third-order valence-electron chi connectivity index (χ3n) is 12.6. The number of nitrogens with one attached hydrogen (secondary N) is 14. The Hall–Kier alpha value is -8.55. The van der Waals surface area contributed by atoms with Crippen molar-refractivity contribution in [3.05, 3.63) is 90.1 Å². The van der Waals surface area contributed by atoms with Crippen LogP contribution < -0.4 is 70.4 Å². The zero-order chi connectivity index (χ0) is 55.0. The number of guanidine groups is 2. The van der Waals surface area contributed by atoms with Crippen LogP contribution in [-0.4, -0.2) is 143 Å². The number of H-pyrrole nitrogens is 2. The zero-order valence-electron chi connectivity index (χ0n) is 42.5. The maximum Gasteiger partial charge on any atom is 0.243 e. The molecule has 0 saturated carbocycles. The van der Waals surface area contributed by atoms with Crippen LogP contribution in [0.1, 0.15) is 75.1 Å². The van der Waals surface area contributed by atoms with Crippen molar-refractivity contribution in [2.45, 2.75) is 120 Å². The van der Waals surface area contributed by atoms with Gasteiger partial charge in [0.05, 0.1) is 18.1 Å². The molecule has 7 atom stereocenters. The van der Waals surface area contributed by atoms with Gasteiger partial charge in [0, 0.05) is 88.1 Å². The lowest BCUT2D eigenvalue weighted by molar-refractivity contribution is -0.135. The third kappa shape index (κ3) is 19.7. The number of rotatable bonds is 19. The van der Waals surface area contributed by atoms with Gasteiger partial charge >= 0.3 is 0 Å². The maximum absolute atomic E-state index is 14.7. The highest BCUT2D eigenvalue weighted by Crippen LogP contribution is 2.20. The van der Waals surface area contributed by atoms with E-state index in [4.69, 9.17) is 28.0 Å². The molecule has 0 bridgehead atoms. The van der Waals surface area contributed by atoms with E-state index in [9.17, 15) is 38.4 Å². The number of imidazole rings is 1. The molecule has 26 nitrogen and oxygen atoms in total. The summed E-state index contributed by atoms with van der Waals surface area (Å²) < 4.78 is 0. The number of carbonyl (C=O) groups excluding carboxylic acids is 8. The molecule has 1 aliphatic heterocycles. The van der Waals surface area contributed by atoms with Crippen molar-refractivity contribution in [1.29, 1.82) is 10.8 Å². The van der Waals surface area contributed by atoms with Gasteiger partial charge in [-0.05, 0) is 62.1 Å². The number of hydrogen-bond donors (Lipinski definition) is 17. The minimum atomic E-state index is -1.36. The molecule has 0 radical (unpaired) electrons. The number of nitrogens with two attached hydrogens (primary N) is 3. The summed E-state index contributed by atoms with van der Waals surface area (Å²) in [6.45, 7) is 1.92. The molecule has 4 aromatic rings. The number of benzene rings is 2. The first-order valence-electron chi connectivity index (χ1n) is 25.3. The smallest absolute Gasteiger partial charge is 0.243 e. The van der Waals surface area contributed by atoms with Crippen molar-refractivity contribution in [3.63, 3.8) is 0 Å². The van der Waals surface area contributed by atoms with Gasteiger partial charge in [0.15, 0.2) is 11.9 Å². The van der Waals surface area contributed by atoms with Crippen LogP contribution in [0.25, 0.3) is 10.9 Å². The van der Waals surface area contributed by atoms with Crippen molar-refractivity contribution in [2.24, 2.45) is 17.2 Å². The quantitative estimate of drug-likeness (QED) is 0.0263. The van der Waals surface area contributed by atoms with Crippen LogP contribution in [0.5, 0.6) is 0 Å². The number of primary amides is 1. The summed E-state index contributed by atoms with van der Waals surface area (Å²) in [7, 11) is 0. The van der Waals surface area contributed by atoms with Crippen molar-refractivity contribution in [3.8, 4) is 0 Å². The Kier molecular flexibility index (Phi) is 23.0. The van der Waals surface area contributed by atoms with Crippen molar-refractivity contribution < 1.29 is 38.4 Å². The zero-order valence-corrected chi connectivity index (χ0v) is 42.5. The fourth-order valence-electron chi connectivity index (χ4n) is 8.65. The lowest BCUT2D eigenvalue weighted by atomic mass is 10.0. The average Bonchev–Trinajstić information content (AvgIpc) is 4.06. The molecule has 0 spiro atoms. The van der Waals surface area contributed by atoms with Gasteiger partial charge in [0.1, 0.15) is 30.2 Å². The van der Waals surface area contributed by atoms with Gasteiger partial charge in [-0.25, -0.2) is 4.98 Å². The standard InChI is InChI=1S/C50H72N18O8/c1-29(69)63-32(12-7-20-58-49(52)53)27-61-37-17-18-42(70)57-19-8-15-36(43(51)71)64-47(75)40(23-31-25-60-35-14-6-5-13-34(31)35)67-45(73)38(16-9-21-59-50(54)55)65-46(74)39(22-30-10-3-2-4-11-30)66-48(76)41(68-44(37)72)24-33-26-56-28-62-33/h2-6,10-11,13-14,25-26,28,32,36-41,60-61H,7-9,12,15-24,27H2,1H3,(H2,51,71)(H,56,62)(H,57,70)(H,63,69)(H,64,75)(H,65,74)(H,66,76)(H,67,73)(H,68,72)(H4,52,53,58)(H4,54,55,59)/t32-,36-,37-,38-,39+,40-,41-/m0/s1. The second-order valence-electron chi connectivity index (χ2n) is 18.6. The molecular formula is C50H72N18O8. The van der Waals surface area contributed by atoms with Crippen LogP contribution in [0.15, 0.2) is 73.3 Å². The Morgan fingerprint density at radius 3 is 2.01 bits per heavy atom. The number of amides is 8. The monoisotopic (exact) mass is 1050 g/mol. The predicted molar refractivity (Wildman–Crippen MR) is 282 cm³/mol. The van der Waals surface area contributed by atoms with E-state index < -0.39 is 83.6 Å². The first-order valence-corrected chi connectivity index (χ1v) is 25.3. The number of nitrogens with zero attached hydrogens (tertiary/aromatic N) is 1. The van der Waals surface area contributed by atoms with Crippen LogP contribution in [-0.2, 0) is 57.6 Å². The van der Waals surface area contributed by atoms with Gasteiger partial charge in [-0.3, -0.25) is 49.2 Å². The maximum atomic E-state index is 14.7. The van der Waals surface area contributed by atoms with Gasteiger partial charge in [0.2, 0.25) is 47.3 Å². The van der Waals surface area contributed by atoms with E-state index in [0.29, 0.717) is 36.2 Å². The molecule has 1 aliphatic rings.